The van der Waals surface area contributed by atoms with Gasteiger partial charge in [0.2, 0.25) is 0 Å². The van der Waals surface area contributed by atoms with E-state index in [-0.39, 0.29) is 30.0 Å². The third kappa shape index (κ3) is 3.95. The molecule has 0 aromatic heterocycles. The molecule has 150 valence electrons. The molecular weight excluding hydrogens is 423 g/mol. The number of ether oxygens (including phenoxy) is 1. The van der Waals surface area contributed by atoms with Crippen LogP contribution in [0.2, 0.25) is 0 Å². The highest BCUT2D eigenvalue weighted by Crippen LogP contribution is 2.17. The Balaban J connectivity index is 2.43. The third-order valence-electron chi connectivity index (χ3n) is 4.24. The Hall–Kier alpha value is -2.57. The van der Waals surface area contributed by atoms with Gasteiger partial charge < -0.3 is 4.74 Å². The fraction of sp³-hybridized carbons (Fsp3) is 0.0526. The first kappa shape index (κ1) is 21.1. The Morgan fingerprint density at radius 2 is 0.793 bits per heavy atom. The minimum atomic E-state index is -4.26. The quantitative estimate of drug-likeness (QED) is 0.454. The standard InChI is InChI=1S/C7H5F2O.2C6H2F3.Al/c1-10-7-3-5(8)2-6(9)4-7;2*7-4-1-5(8)3-6(9)2-4;/h3-4H,1H3;2*1-2H;. The molecule has 0 unspecified atom stereocenters. The molecule has 0 fully saturated rings. The van der Waals surface area contributed by atoms with Gasteiger partial charge >= 0.3 is 14.1 Å². The highest BCUT2D eigenvalue weighted by atomic mass is 27.2. The second-order valence-corrected chi connectivity index (χ2v) is 8.60. The van der Waals surface area contributed by atoms with Gasteiger partial charge in [-0.1, -0.05) is 0 Å². The highest BCUT2D eigenvalue weighted by Gasteiger charge is 2.40. The number of hydrogen-bond donors (Lipinski definition) is 0. The molecule has 0 spiro atoms. The lowest BCUT2D eigenvalue weighted by Crippen LogP contribution is -2.59. The van der Waals surface area contributed by atoms with Crippen molar-refractivity contribution >= 4 is 27.4 Å². The molecule has 0 radical (unpaired) electrons. The van der Waals surface area contributed by atoms with Crippen LogP contribution in [-0.4, -0.2) is 21.3 Å². The van der Waals surface area contributed by atoms with E-state index < -0.39 is 74.0 Å². The topological polar surface area (TPSA) is 9.23 Å². The average Bonchev–Trinajstić information content (AvgIpc) is 2.58. The largest absolute Gasteiger partial charge is 0.497 e. The maximum atomic E-state index is 14.7. The molecular formula is C19H9AlF8O. The Labute approximate surface area is 163 Å². The number of hydrogen-bond acceptors (Lipinski definition) is 1. The number of methoxy groups -OCH3 is 1. The summed E-state index contributed by atoms with van der Waals surface area (Å²) in [6.07, 6.45) is 0. The van der Waals surface area contributed by atoms with E-state index in [9.17, 15) is 35.1 Å². The van der Waals surface area contributed by atoms with E-state index in [0.29, 0.717) is 12.1 Å². The van der Waals surface area contributed by atoms with Crippen LogP contribution in [0.15, 0.2) is 36.4 Å². The van der Waals surface area contributed by atoms with Gasteiger partial charge in [-0.15, -0.1) is 0 Å². The zero-order valence-electron chi connectivity index (χ0n) is 14.5. The molecule has 0 bridgehead atoms. The van der Waals surface area contributed by atoms with Crippen LogP contribution >= 0.6 is 0 Å². The lowest BCUT2D eigenvalue weighted by molar-refractivity contribution is 0.407. The van der Waals surface area contributed by atoms with E-state index in [1.807, 2.05) is 0 Å². The molecule has 1 nitrogen and oxygen atoms in total. The van der Waals surface area contributed by atoms with Crippen molar-refractivity contribution < 1.29 is 39.9 Å². The number of benzene rings is 3. The first-order chi connectivity index (χ1) is 13.6. The van der Waals surface area contributed by atoms with Crippen molar-refractivity contribution in [2.45, 2.75) is 0 Å². The molecule has 0 aliphatic heterocycles. The van der Waals surface area contributed by atoms with Gasteiger partial charge in [-0.2, -0.15) is 0 Å². The predicted molar refractivity (Wildman–Crippen MR) is 90.2 cm³/mol. The van der Waals surface area contributed by atoms with Crippen LogP contribution in [0.3, 0.4) is 0 Å². The van der Waals surface area contributed by atoms with Gasteiger partial charge in [-0.3, -0.25) is 0 Å². The highest BCUT2D eigenvalue weighted by molar-refractivity contribution is 6.95. The monoisotopic (exact) mass is 432 g/mol. The Bertz CT molecular complexity index is 975. The van der Waals surface area contributed by atoms with Gasteiger partial charge in [0.15, 0.2) is 0 Å². The van der Waals surface area contributed by atoms with E-state index in [1.54, 1.807) is 0 Å². The minimum Gasteiger partial charge on any atom is -0.497 e. The van der Waals surface area contributed by atoms with Crippen molar-refractivity contribution in [2.24, 2.45) is 0 Å². The summed E-state index contributed by atoms with van der Waals surface area (Å²) < 4.78 is 115. The molecule has 0 saturated carbocycles. The van der Waals surface area contributed by atoms with Gasteiger partial charge in [0.1, 0.15) is 52.3 Å². The summed E-state index contributed by atoms with van der Waals surface area (Å²) in [6.45, 7) is 0. The molecule has 0 saturated heterocycles. The molecule has 3 rings (SSSR count). The lowest BCUT2D eigenvalue weighted by Gasteiger charge is -2.19. The molecule has 29 heavy (non-hydrogen) atoms. The summed E-state index contributed by atoms with van der Waals surface area (Å²) in [5.74, 6) is -12.1. The van der Waals surface area contributed by atoms with E-state index in [0.717, 1.165) is 7.11 Å². The Morgan fingerprint density at radius 3 is 1.07 bits per heavy atom. The fourth-order valence-corrected chi connectivity index (χ4v) is 6.07. The maximum absolute atomic E-state index is 14.7. The van der Waals surface area contributed by atoms with Gasteiger partial charge in [0.25, 0.3) is 0 Å². The summed E-state index contributed by atoms with van der Waals surface area (Å²) in [5.41, 5.74) is 0. The zero-order chi connectivity index (χ0) is 21.5. The SMILES string of the molecule is COc1cc(F)[c]([Al]([c]2c(F)cc(F)cc2F)[c]2c(F)cc(F)cc2F)c(F)c1. The molecule has 0 aliphatic rings. The third-order valence-corrected chi connectivity index (χ3v) is 7.63. The molecule has 0 N–H and O–H groups in total. The van der Waals surface area contributed by atoms with E-state index in [4.69, 9.17) is 0 Å². The van der Waals surface area contributed by atoms with Crippen LogP contribution in [-0.2, 0) is 0 Å². The summed E-state index contributed by atoms with van der Waals surface area (Å²) in [6, 6.07) is 2.20. The predicted octanol–water partition coefficient (Wildman–Crippen LogP) is 3.32. The van der Waals surface area contributed by atoms with Crippen LogP contribution < -0.4 is 18.0 Å². The van der Waals surface area contributed by atoms with E-state index in [2.05, 4.69) is 4.74 Å². The molecule has 0 atom stereocenters. The molecule has 10 heteroatoms. The molecule has 0 amide bonds. The van der Waals surface area contributed by atoms with E-state index in [1.165, 1.54) is 0 Å². The summed E-state index contributed by atoms with van der Waals surface area (Å²) in [7, 11) is 1.10. The van der Waals surface area contributed by atoms with Gasteiger partial charge in [0, 0.05) is 36.4 Å². The molecule has 3 aromatic carbocycles. The van der Waals surface area contributed by atoms with Crippen molar-refractivity contribution in [2.75, 3.05) is 7.11 Å². The van der Waals surface area contributed by atoms with Gasteiger partial charge in [-0.05, 0) is 13.3 Å². The van der Waals surface area contributed by atoms with Crippen LogP contribution in [0, 0.1) is 46.5 Å². The first-order valence-electron chi connectivity index (χ1n) is 7.95. The van der Waals surface area contributed by atoms with Gasteiger partial charge in [-0.25, -0.2) is 35.1 Å². The number of halogens is 8. The van der Waals surface area contributed by atoms with Crippen LogP contribution in [0.4, 0.5) is 35.1 Å². The molecule has 3 aromatic rings. The van der Waals surface area contributed by atoms with Crippen LogP contribution in [0.25, 0.3) is 0 Å². The van der Waals surface area contributed by atoms with E-state index >= 15 is 0 Å². The normalized spacial score (nSPS) is 10.9. The number of rotatable bonds is 4. The molecule has 0 heterocycles. The first-order valence-corrected chi connectivity index (χ1v) is 9.69. The average molecular weight is 432 g/mol. The Kier molecular flexibility index (Phi) is 5.87. The fourth-order valence-electron chi connectivity index (χ4n) is 3.05. The van der Waals surface area contributed by atoms with Crippen LogP contribution in [0.1, 0.15) is 0 Å². The van der Waals surface area contributed by atoms with Crippen molar-refractivity contribution in [3.05, 3.63) is 82.9 Å². The summed E-state index contributed by atoms with van der Waals surface area (Å²) in [5, 5.41) is 0. The second-order valence-electron chi connectivity index (χ2n) is 6.00. The summed E-state index contributed by atoms with van der Waals surface area (Å²) in [4.78, 5) is 0. The second kappa shape index (κ2) is 8.05. The minimum absolute atomic E-state index is 0.219. The van der Waals surface area contributed by atoms with Crippen LogP contribution in [0.5, 0.6) is 5.75 Å². The van der Waals surface area contributed by atoms with Crippen molar-refractivity contribution in [1.29, 1.82) is 0 Å². The van der Waals surface area contributed by atoms with Crippen molar-refractivity contribution in [3.8, 4) is 5.75 Å². The summed E-state index contributed by atoms with van der Waals surface area (Å²) >= 11 is -4.26. The Morgan fingerprint density at radius 1 is 0.517 bits per heavy atom. The van der Waals surface area contributed by atoms with Crippen molar-refractivity contribution in [1.82, 2.24) is 0 Å². The lowest BCUT2D eigenvalue weighted by atomic mass is 10.3. The van der Waals surface area contributed by atoms with Crippen molar-refractivity contribution in [3.63, 3.8) is 0 Å². The zero-order valence-corrected chi connectivity index (χ0v) is 15.6. The maximum Gasteiger partial charge on any atom is 0.411 e. The van der Waals surface area contributed by atoms with Gasteiger partial charge in [0.05, 0.1) is 7.11 Å². The molecule has 0 aliphatic carbocycles. The smallest absolute Gasteiger partial charge is 0.411 e.